The molecule has 0 aliphatic carbocycles. The van der Waals surface area contributed by atoms with E-state index in [2.05, 4.69) is 20.7 Å². The van der Waals surface area contributed by atoms with Crippen molar-refractivity contribution in [1.82, 2.24) is 4.72 Å². The van der Waals surface area contributed by atoms with E-state index in [9.17, 15) is 13.0 Å². The molecule has 1 atom stereocenters. The van der Waals surface area contributed by atoms with Gasteiger partial charge in [0.25, 0.3) is 0 Å². The van der Waals surface area contributed by atoms with Crippen LogP contribution in [-0.4, -0.2) is 8.42 Å². The number of rotatable bonds is 7. The van der Waals surface area contributed by atoms with Crippen LogP contribution in [0.15, 0.2) is 125 Å². The second-order valence-corrected chi connectivity index (χ2v) is 12.7. The molecule has 0 spiro atoms. The molecule has 7 heteroatoms. The van der Waals surface area contributed by atoms with Crippen LogP contribution in [0.2, 0.25) is 0 Å². The molecule has 4 nitrogen and oxygen atoms in total. The number of hydrogen-bond acceptors (Lipinski definition) is 3. The number of sulfonamides is 1. The second kappa shape index (κ2) is 9.55. The van der Waals surface area contributed by atoms with E-state index in [1.807, 2.05) is 48.5 Å². The van der Waals surface area contributed by atoms with Crippen LogP contribution < -0.4 is 15.3 Å². The summed E-state index contributed by atoms with van der Waals surface area (Å²) in [6.07, 6.45) is 0. The third kappa shape index (κ3) is 4.64. The summed E-state index contributed by atoms with van der Waals surface area (Å²) in [6, 6.07) is 33.5. The standard InChI is InChI=1S/C25H21BrNO3PS/c26-21-18-16-20(17-19-21)25(27-32(29,30)24-14-8-3-9-15-24)31(28,22-10-4-1-5-11-22)23-12-6-2-7-13-23/h1-19,25,27H. The minimum absolute atomic E-state index is 0.120. The predicted octanol–water partition coefficient (Wildman–Crippen LogP) is 5.44. The summed E-state index contributed by atoms with van der Waals surface area (Å²) in [6.45, 7) is 0. The van der Waals surface area contributed by atoms with Crippen molar-refractivity contribution in [2.24, 2.45) is 0 Å². The maximum absolute atomic E-state index is 15.0. The zero-order valence-corrected chi connectivity index (χ0v) is 20.3. The maximum Gasteiger partial charge on any atom is 0.241 e. The van der Waals surface area contributed by atoms with E-state index in [0.717, 1.165) is 4.47 Å². The molecule has 4 aromatic carbocycles. The van der Waals surface area contributed by atoms with Gasteiger partial charge in [-0.3, -0.25) is 0 Å². The van der Waals surface area contributed by atoms with Crippen LogP contribution in [0.4, 0.5) is 0 Å². The Morgan fingerprint density at radius 3 is 1.56 bits per heavy atom. The lowest BCUT2D eigenvalue weighted by Crippen LogP contribution is -2.34. The molecule has 0 bridgehead atoms. The predicted molar refractivity (Wildman–Crippen MR) is 133 cm³/mol. The van der Waals surface area contributed by atoms with Crippen LogP contribution in [0.1, 0.15) is 11.3 Å². The molecule has 0 fully saturated rings. The van der Waals surface area contributed by atoms with Gasteiger partial charge in [0.15, 0.2) is 7.14 Å². The summed E-state index contributed by atoms with van der Waals surface area (Å²) in [5.41, 5.74) is 0.615. The lowest BCUT2D eigenvalue weighted by Gasteiger charge is -2.30. The van der Waals surface area contributed by atoms with Gasteiger partial charge < -0.3 is 4.57 Å². The molecule has 0 saturated heterocycles. The zero-order valence-electron chi connectivity index (χ0n) is 17.0. The molecule has 0 aliphatic heterocycles. The summed E-state index contributed by atoms with van der Waals surface area (Å²) in [4.78, 5) is 0.120. The largest absolute Gasteiger partial charge is 0.312 e. The van der Waals surface area contributed by atoms with E-state index in [1.165, 1.54) is 12.1 Å². The lowest BCUT2D eigenvalue weighted by molar-refractivity contribution is 0.560. The van der Waals surface area contributed by atoms with Crippen molar-refractivity contribution < 1.29 is 13.0 Å². The minimum atomic E-state index is -3.95. The Balaban J connectivity index is 1.94. The van der Waals surface area contributed by atoms with Gasteiger partial charge in [-0.05, 0) is 29.8 Å². The number of halogens is 1. The monoisotopic (exact) mass is 525 g/mol. The average molecular weight is 526 g/mol. The summed E-state index contributed by atoms with van der Waals surface area (Å²) < 4.78 is 45.3. The molecule has 0 saturated carbocycles. The second-order valence-electron chi connectivity index (χ2n) is 7.22. The maximum atomic E-state index is 15.0. The highest BCUT2D eigenvalue weighted by Crippen LogP contribution is 2.56. The van der Waals surface area contributed by atoms with Gasteiger partial charge >= 0.3 is 0 Å². The Hall–Kier alpha value is -2.50. The molecular formula is C25H21BrNO3PS. The first kappa shape index (κ1) is 22.7. The molecule has 0 amide bonds. The molecule has 0 heterocycles. The molecule has 0 radical (unpaired) electrons. The summed E-state index contributed by atoms with van der Waals surface area (Å²) >= 11 is 3.43. The molecule has 4 rings (SSSR count). The topological polar surface area (TPSA) is 63.2 Å². The highest BCUT2D eigenvalue weighted by atomic mass is 79.9. The fraction of sp³-hybridized carbons (Fsp3) is 0.0400. The van der Waals surface area contributed by atoms with Crippen LogP contribution in [0.3, 0.4) is 0 Å². The molecule has 1 N–H and O–H groups in total. The molecule has 32 heavy (non-hydrogen) atoms. The first-order valence-electron chi connectivity index (χ1n) is 9.95. The average Bonchev–Trinajstić information content (AvgIpc) is 2.84. The van der Waals surface area contributed by atoms with E-state index < -0.39 is 22.9 Å². The fourth-order valence-electron chi connectivity index (χ4n) is 3.56. The van der Waals surface area contributed by atoms with Crippen LogP contribution in [0.25, 0.3) is 0 Å². The minimum Gasteiger partial charge on any atom is -0.312 e. The van der Waals surface area contributed by atoms with Crippen molar-refractivity contribution in [3.63, 3.8) is 0 Å². The third-order valence-electron chi connectivity index (χ3n) is 5.15. The van der Waals surface area contributed by atoms with Gasteiger partial charge in [-0.2, -0.15) is 4.72 Å². The smallest absolute Gasteiger partial charge is 0.241 e. The highest BCUT2D eigenvalue weighted by molar-refractivity contribution is 9.10. The van der Waals surface area contributed by atoms with Crippen LogP contribution in [0, 0.1) is 0 Å². The van der Waals surface area contributed by atoms with Gasteiger partial charge in [-0.15, -0.1) is 0 Å². The van der Waals surface area contributed by atoms with Crippen LogP contribution in [0.5, 0.6) is 0 Å². The third-order valence-corrected chi connectivity index (χ3v) is 10.6. The summed E-state index contributed by atoms with van der Waals surface area (Å²) in [5.74, 6) is -0.995. The quantitative estimate of drug-likeness (QED) is 0.327. The van der Waals surface area contributed by atoms with Crippen molar-refractivity contribution in [3.05, 3.63) is 125 Å². The Kier molecular flexibility index (Phi) is 6.77. The van der Waals surface area contributed by atoms with Crippen molar-refractivity contribution in [1.29, 1.82) is 0 Å². The van der Waals surface area contributed by atoms with Crippen molar-refractivity contribution in [2.75, 3.05) is 0 Å². The first-order chi connectivity index (χ1) is 15.4. The van der Waals surface area contributed by atoms with Gasteiger partial charge in [0.2, 0.25) is 10.0 Å². The lowest BCUT2D eigenvalue weighted by atomic mass is 10.2. The Morgan fingerprint density at radius 1 is 0.656 bits per heavy atom. The molecule has 0 aliphatic rings. The molecular weight excluding hydrogens is 505 g/mol. The Labute approximate surface area is 196 Å². The van der Waals surface area contributed by atoms with Crippen molar-refractivity contribution >= 4 is 43.7 Å². The van der Waals surface area contributed by atoms with Gasteiger partial charge in [-0.1, -0.05) is 107 Å². The van der Waals surface area contributed by atoms with E-state index in [0.29, 0.717) is 16.2 Å². The molecule has 162 valence electrons. The van der Waals surface area contributed by atoms with Gasteiger partial charge in [0.1, 0.15) is 5.78 Å². The molecule has 0 aromatic heterocycles. The van der Waals surface area contributed by atoms with Crippen LogP contribution in [-0.2, 0) is 14.6 Å². The van der Waals surface area contributed by atoms with Gasteiger partial charge in [0.05, 0.1) is 4.90 Å². The Morgan fingerprint density at radius 2 is 1.09 bits per heavy atom. The molecule has 1 unspecified atom stereocenters. The van der Waals surface area contributed by atoms with Gasteiger partial charge in [-0.25, -0.2) is 8.42 Å². The van der Waals surface area contributed by atoms with E-state index in [1.54, 1.807) is 54.6 Å². The summed E-state index contributed by atoms with van der Waals surface area (Å²) in [7, 11) is -7.44. The number of hydrogen-bond donors (Lipinski definition) is 1. The first-order valence-corrected chi connectivity index (χ1v) is 14.0. The number of nitrogens with one attached hydrogen (secondary N) is 1. The SMILES string of the molecule is O=P(c1ccccc1)(c1ccccc1)C(NS(=O)(=O)c1ccccc1)c1ccc(Br)cc1. The van der Waals surface area contributed by atoms with Crippen molar-refractivity contribution in [3.8, 4) is 0 Å². The van der Waals surface area contributed by atoms with Gasteiger partial charge in [0, 0.05) is 15.1 Å². The Bertz CT molecular complexity index is 1290. The van der Waals surface area contributed by atoms with E-state index in [4.69, 9.17) is 0 Å². The van der Waals surface area contributed by atoms with Crippen LogP contribution >= 0.6 is 23.1 Å². The molecule has 4 aromatic rings. The zero-order chi connectivity index (χ0) is 22.6. The van der Waals surface area contributed by atoms with E-state index >= 15 is 0 Å². The number of benzene rings is 4. The fourth-order valence-corrected chi connectivity index (χ4v) is 8.63. The van der Waals surface area contributed by atoms with Crippen molar-refractivity contribution in [2.45, 2.75) is 10.7 Å². The van der Waals surface area contributed by atoms with E-state index in [-0.39, 0.29) is 4.90 Å². The normalized spacial score (nSPS) is 12.9. The summed E-state index contributed by atoms with van der Waals surface area (Å²) in [5, 5.41) is 1.16. The highest BCUT2D eigenvalue weighted by Gasteiger charge is 2.40.